The molecule has 0 radical (unpaired) electrons. The third kappa shape index (κ3) is 6.57. The summed E-state index contributed by atoms with van der Waals surface area (Å²) in [4.78, 5) is 27.3. The fourth-order valence-corrected chi connectivity index (χ4v) is 2.64. The monoisotopic (exact) mass is 402 g/mol. The molecule has 0 aliphatic heterocycles. The molecule has 29 heavy (non-hydrogen) atoms. The third-order valence-corrected chi connectivity index (χ3v) is 4.15. The first kappa shape index (κ1) is 22.4. The number of nitrogens with one attached hydrogen (secondary N) is 1. The Labute approximate surface area is 170 Å². The molecule has 7 heteroatoms. The number of hydrogen-bond acceptors (Lipinski definition) is 4. The van der Waals surface area contributed by atoms with E-state index in [0.717, 1.165) is 0 Å². The van der Waals surface area contributed by atoms with Crippen LogP contribution in [0.25, 0.3) is 0 Å². The lowest BCUT2D eigenvalue weighted by atomic mass is 10.0. The van der Waals surface area contributed by atoms with Gasteiger partial charge in [0.05, 0.1) is 12.2 Å². The summed E-state index contributed by atoms with van der Waals surface area (Å²) in [7, 11) is 1.57. The van der Waals surface area contributed by atoms with Gasteiger partial charge < -0.3 is 19.7 Å². The summed E-state index contributed by atoms with van der Waals surface area (Å²) in [5, 5.41) is 2.69. The quantitative estimate of drug-likeness (QED) is 0.683. The largest absolute Gasteiger partial charge is 0.490 e. The molecule has 0 heterocycles. The Balaban J connectivity index is 2.18. The molecule has 2 rings (SSSR count). The molecule has 0 aliphatic carbocycles. The van der Waals surface area contributed by atoms with Gasteiger partial charge in [-0.25, -0.2) is 4.39 Å². The predicted octanol–water partition coefficient (Wildman–Crippen LogP) is 3.73. The molecule has 0 spiro atoms. The Hall–Kier alpha value is -2.93. The number of ether oxygens (including phenoxy) is 2. The Morgan fingerprint density at radius 1 is 1.03 bits per heavy atom. The maximum absolute atomic E-state index is 13.3. The SMILES string of the molecule is COCCOc1ccccc1C(=O)N(CC(=O)Nc1ccc(F)cc1)C(C)(C)C. The van der Waals surface area contributed by atoms with Gasteiger partial charge in [-0.1, -0.05) is 12.1 Å². The Morgan fingerprint density at radius 2 is 1.69 bits per heavy atom. The maximum Gasteiger partial charge on any atom is 0.258 e. The van der Waals surface area contributed by atoms with E-state index in [2.05, 4.69) is 5.32 Å². The molecular weight excluding hydrogens is 375 g/mol. The lowest BCUT2D eigenvalue weighted by Gasteiger charge is -2.35. The second-order valence-corrected chi connectivity index (χ2v) is 7.45. The minimum Gasteiger partial charge on any atom is -0.490 e. The minimum atomic E-state index is -0.614. The van der Waals surface area contributed by atoms with Crippen LogP contribution in [0.15, 0.2) is 48.5 Å². The number of halogens is 1. The van der Waals surface area contributed by atoms with Crippen LogP contribution in [0.2, 0.25) is 0 Å². The van der Waals surface area contributed by atoms with E-state index in [0.29, 0.717) is 30.2 Å². The molecule has 0 atom stereocenters. The molecule has 1 N–H and O–H groups in total. The summed E-state index contributed by atoms with van der Waals surface area (Å²) < 4.78 is 23.7. The number of nitrogens with zero attached hydrogens (tertiary/aromatic N) is 1. The Bertz CT molecular complexity index is 831. The fourth-order valence-electron chi connectivity index (χ4n) is 2.64. The van der Waals surface area contributed by atoms with Gasteiger partial charge >= 0.3 is 0 Å². The van der Waals surface area contributed by atoms with Gasteiger partial charge in [-0.05, 0) is 57.2 Å². The number of para-hydroxylation sites is 1. The molecule has 0 bridgehead atoms. The molecule has 6 nitrogen and oxygen atoms in total. The molecule has 2 aromatic rings. The molecule has 0 aliphatic rings. The normalized spacial score (nSPS) is 11.1. The van der Waals surface area contributed by atoms with Gasteiger partial charge in [-0.15, -0.1) is 0 Å². The van der Waals surface area contributed by atoms with E-state index in [1.54, 1.807) is 31.4 Å². The van der Waals surface area contributed by atoms with Crippen LogP contribution >= 0.6 is 0 Å². The van der Waals surface area contributed by atoms with Crippen molar-refractivity contribution in [1.29, 1.82) is 0 Å². The van der Waals surface area contributed by atoms with Crippen LogP contribution in [0.1, 0.15) is 31.1 Å². The van der Waals surface area contributed by atoms with Gasteiger partial charge in [0.25, 0.3) is 5.91 Å². The molecule has 0 saturated carbocycles. The average molecular weight is 402 g/mol. The molecule has 0 unspecified atom stereocenters. The number of methoxy groups -OCH3 is 1. The van der Waals surface area contributed by atoms with Crippen molar-refractivity contribution in [1.82, 2.24) is 4.90 Å². The van der Waals surface area contributed by atoms with Crippen molar-refractivity contribution in [2.75, 3.05) is 32.2 Å². The van der Waals surface area contributed by atoms with Crippen LogP contribution in [0.3, 0.4) is 0 Å². The van der Waals surface area contributed by atoms with E-state index < -0.39 is 5.54 Å². The molecule has 0 saturated heterocycles. The van der Waals surface area contributed by atoms with Crippen LogP contribution < -0.4 is 10.1 Å². The number of amides is 2. The van der Waals surface area contributed by atoms with Crippen LogP contribution in [-0.4, -0.2) is 49.1 Å². The zero-order valence-electron chi connectivity index (χ0n) is 17.2. The highest BCUT2D eigenvalue weighted by Crippen LogP contribution is 2.24. The smallest absolute Gasteiger partial charge is 0.258 e. The van der Waals surface area contributed by atoms with E-state index in [1.807, 2.05) is 20.8 Å². The summed E-state index contributed by atoms with van der Waals surface area (Å²) in [6.45, 7) is 6.10. The van der Waals surface area contributed by atoms with Gasteiger partial charge in [0.15, 0.2) is 0 Å². The van der Waals surface area contributed by atoms with E-state index in [9.17, 15) is 14.0 Å². The second-order valence-electron chi connectivity index (χ2n) is 7.45. The van der Waals surface area contributed by atoms with Crippen LogP contribution in [0.5, 0.6) is 5.75 Å². The topological polar surface area (TPSA) is 67.9 Å². The zero-order chi connectivity index (χ0) is 21.4. The fraction of sp³-hybridized carbons (Fsp3) is 0.364. The molecule has 156 valence electrons. The van der Waals surface area contributed by atoms with Crippen LogP contribution in [0, 0.1) is 5.82 Å². The summed E-state index contributed by atoms with van der Waals surface area (Å²) >= 11 is 0. The number of carbonyl (C=O) groups excluding carboxylic acids is 2. The molecule has 0 aromatic heterocycles. The highest BCUT2D eigenvalue weighted by atomic mass is 19.1. The number of anilines is 1. The molecule has 0 fully saturated rings. The van der Waals surface area contributed by atoms with E-state index >= 15 is 0 Å². The lowest BCUT2D eigenvalue weighted by Crippen LogP contribution is -2.49. The summed E-state index contributed by atoms with van der Waals surface area (Å²) in [5.41, 5.74) is 0.214. The van der Waals surface area contributed by atoms with Gasteiger partial charge in [-0.2, -0.15) is 0 Å². The average Bonchev–Trinajstić information content (AvgIpc) is 2.67. The Morgan fingerprint density at radius 3 is 2.31 bits per heavy atom. The minimum absolute atomic E-state index is 0.161. The van der Waals surface area contributed by atoms with Crippen molar-refractivity contribution < 1.29 is 23.5 Å². The van der Waals surface area contributed by atoms with Gasteiger partial charge in [0.1, 0.15) is 24.7 Å². The van der Waals surface area contributed by atoms with Crippen molar-refractivity contribution in [2.45, 2.75) is 26.3 Å². The first-order valence-electron chi connectivity index (χ1n) is 9.30. The van der Waals surface area contributed by atoms with E-state index in [1.165, 1.54) is 29.2 Å². The van der Waals surface area contributed by atoms with Crippen molar-refractivity contribution >= 4 is 17.5 Å². The first-order chi connectivity index (χ1) is 13.7. The first-order valence-corrected chi connectivity index (χ1v) is 9.30. The van der Waals surface area contributed by atoms with Gasteiger partial charge in [0, 0.05) is 18.3 Å². The van der Waals surface area contributed by atoms with E-state index in [4.69, 9.17) is 9.47 Å². The van der Waals surface area contributed by atoms with Crippen molar-refractivity contribution in [3.05, 3.63) is 59.9 Å². The number of carbonyl (C=O) groups is 2. The maximum atomic E-state index is 13.3. The highest BCUT2D eigenvalue weighted by molar-refractivity contribution is 6.01. The summed E-state index contributed by atoms with van der Waals surface area (Å²) in [5.74, 6) is -0.653. The standard InChI is InChI=1S/C22H27FN2O4/c1-22(2,3)25(15-20(26)24-17-11-9-16(23)10-12-17)21(27)18-7-5-6-8-19(18)29-14-13-28-4/h5-12H,13-15H2,1-4H3,(H,24,26). The molecule has 2 amide bonds. The Kier molecular flexibility index (Phi) is 7.73. The van der Waals surface area contributed by atoms with Crippen LogP contribution in [0.4, 0.5) is 10.1 Å². The van der Waals surface area contributed by atoms with Crippen molar-refractivity contribution in [3.8, 4) is 5.75 Å². The van der Waals surface area contributed by atoms with E-state index in [-0.39, 0.29) is 24.2 Å². The number of benzene rings is 2. The molecular formula is C22H27FN2O4. The van der Waals surface area contributed by atoms with Gasteiger partial charge in [-0.3, -0.25) is 9.59 Å². The van der Waals surface area contributed by atoms with Gasteiger partial charge in [0.2, 0.25) is 5.91 Å². The zero-order valence-corrected chi connectivity index (χ0v) is 17.2. The van der Waals surface area contributed by atoms with Crippen molar-refractivity contribution in [2.24, 2.45) is 0 Å². The van der Waals surface area contributed by atoms with Crippen LogP contribution in [-0.2, 0) is 9.53 Å². The lowest BCUT2D eigenvalue weighted by molar-refractivity contribution is -0.117. The second kappa shape index (κ2) is 10.0. The number of rotatable bonds is 8. The van der Waals surface area contributed by atoms with Crippen molar-refractivity contribution in [3.63, 3.8) is 0 Å². The summed E-state index contributed by atoms with van der Waals surface area (Å²) in [6, 6.07) is 12.4. The number of hydrogen-bond donors (Lipinski definition) is 1. The summed E-state index contributed by atoms with van der Waals surface area (Å²) in [6.07, 6.45) is 0. The highest BCUT2D eigenvalue weighted by Gasteiger charge is 2.31. The predicted molar refractivity (Wildman–Crippen MR) is 110 cm³/mol. The third-order valence-electron chi connectivity index (χ3n) is 4.15. The molecule has 2 aromatic carbocycles.